The average Bonchev–Trinajstić information content (AvgIpc) is 2.74. The molecule has 0 aromatic heterocycles. The summed E-state index contributed by atoms with van der Waals surface area (Å²) in [6, 6.07) is 0. The lowest BCUT2D eigenvalue weighted by Gasteiger charge is -2.18. The molecule has 1 unspecified atom stereocenters. The van der Waals surface area contributed by atoms with Gasteiger partial charge in [0.05, 0.1) is 5.41 Å². The Morgan fingerprint density at radius 2 is 2.00 bits per heavy atom. The van der Waals surface area contributed by atoms with E-state index in [0.717, 1.165) is 32.5 Å². The Bertz CT molecular complexity index is 186. The number of hydrogen-bond donors (Lipinski definition) is 1. The van der Waals surface area contributed by atoms with Crippen LogP contribution >= 0.6 is 0 Å². The van der Waals surface area contributed by atoms with Crippen LogP contribution < -0.4 is 5.32 Å². The minimum Gasteiger partial charge on any atom is -0.345 e. The number of nitrogens with zero attached hydrogens (tertiary/aromatic N) is 1. The van der Waals surface area contributed by atoms with Crippen LogP contribution in [0.3, 0.4) is 0 Å². The third-order valence-electron chi connectivity index (χ3n) is 2.97. The molecule has 2 aliphatic heterocycles. The normalized spacial score (nSPS) is 29.9. The molecule has 1 spiro atoms. The molecule has 0 aromatic rings. The highest BCUT2D eigenvalue weighted by molar-refractivity contribution is 5.85. The molecule has 1 amide bonds. The Kier molecular flexibility index (Phi) is 5.13. The molecule has 1 N–H and O–H groups in total. The molecule has 3 heteroatoms. The Morgan fingerprint density at radius 3 is 2.36 bits per heavy atom. The Morgan fingerprint density at radius 1 is 1.36 bits per heavy atom. The highest BCUT2D eigenvalue weighted by Crippen LogP contribution is 2.36. The van der Waals surface area contributed by atoms with E-state index in [1.807, 2.05) is 25.8 Å². The van der Waals surface area contributed by atoms with Gasteiger partial charge in [-0.25, -0.2) is 0 Å². The second kappa shape index (κ2) is 5.35. The maximum Gasteiger partial charge on any atom is 0.229 e. The number of amides is 1. The van der Waals surface area contributed by atoms with Gasteiger partial charge in [-0.2, -0.15) is 0 Å². The Balaban J connectivity index is 0.000000531. The van der Waals surface area contributed by atoms with Gasteiger partial charge in [0.1, 0.15) is 0 Å². The first-order chi connectivity index (χ1) is 6.25. The van der Waals surface area contributed by atoms with Crippen LogP contribution in [0.2, 0.25) is 0 Å². The van der Waals surface area contributed by atoms with Crippen molar-refractivity contribution in [1.29, 1.82) is 0 Å². The zero-order chi connectivity index (χ0) is 9.90. The van der Waals surface area contributed by atoms with Crippen molar-refractivity contribution in [3.8, 4) is 0 Å². The van der Waals surface area contributed by atoms with Crippen LogP contribution in [0.4, 0.5) is 0 Å². The summed E-state index contributed by atoms with van der Waals surface area (Å²) in [5.41, 5.74) is -0.00521. The summed E-state index contributed by atoms with van der Waals surface area (Å²) in [4.78, 5) is 13.5. The highest BCUT2D eigenvalue weighted by atomic mass is 16.2. The summed E-state index contributed by atoms with van der Waals surface area (Å²) in [7, 11) is 1.90. The van der Waals surface area contributed by atoms with E-state index in [1.165, 1.54) is 0 Å². The first kappa shape index (κ1) is 13.4. The fourth-order valence-corrected chi connectivity index (χ4v) is 2.13. The van der Waals surface area contributed by atoms with E-state index in [-0.39, 0.29) is 12.8 Å². The fraction of sp³-hybridized carbons (Fsp3) is 0.909. The van der Waals surface area contributed by atoms with E-state index in [0.29, 0.717) is 5.91 Å². The molecule has 0 aliphatic carbocycles. The number of nitrogens with one attached hydrogen (secondary N) is 1. The number of carbonyl (C=O) groups is 1. The minimum absolute atomic E-state index is 0. The minimum atomic E-state index is -0.00521. The van der Waals surface area contributed by atoms with Crippen LogP contribution in [0, 0.1) is 5.41 Å². The van der Waals surface area contributed by atoms with Gasteiger partial charge < -0.3 is 10.2 Å². The van der Waals surface area contributed by atoms with Crippen molar-refractivity contribution >= 4 is 5.91 Å². The van der Waals surface area contributed by atoms with E-state index in [9.17, 15) is 4.79 Å². The molecular weight excluding hydrogens is 176 g/mol. The molecule has 3 nitrogen and oxygen atoms in total. The second-order valence-electron chi connectivity index (χ2n) is 3.68. The van der Waals surface area contributed by atoms with Gasteiger partial charge >= 0.3 is 0 Å². The summed E-state index contributed by atoms with van der Waals surface area (Å²) < 4.78 is 0. The Hall–Kier alpha value is -0.570. The van der Waals surface area contributed by atoms with Crippen molar-refractivity contribution in [3.05, 3.63) is 0 Å². The lowest BCUT2D eigenvalue weighted by Crippen LogP contribution is -2.34. The summed E-state index contributed by atoms with van der Waals surface area (Å²) in [5.74, 6) is 0.350. The summed E-state index contributed by atoms with van der Waals surface area (Å²) in [5, 5.41) is 3.26. The molecule has 2 saturated heterocycles. The van der Waals surface area contributed by atoms with Crippen molar-refractivity contribution in [3.63, 3.8) is 0 Å². The second-order valence-corrected chi connectivity index (χ2v) is 3.68. The lowest BCUT2D eigenvalue weighted by atomic mass is 9.86. The summed E-state index contributed by atoms with van der Waals surface area (Å²) in [6.07, 6.45) is 2.09. The van der Waals surface area contributed by atoms with Gasteiger partial charge in [0.25, 0.3) is 0 Å². The molecule has 84 valence electrons. The van der Waals surface area contributed by atoms with Gasteiger partial charge in [-0.3, -0.25) is 4.79 Å². The van der Waals surface area contributed by atoms with Crippen LogP contribution in [0.25, 0.3) is 0 Å². The molecular formula is C11H24N2O. The highest BCUT2D eigenvalue weighted by Gasteiger charge is 2.46. The van der Waals surface area contributed by atoms with Gasteiger partial charge in [-0.05, 0) is 19.4 Å². The van der Waals surface area contributed by atoms with E-state index < -0.39 is 0 Å². The predicted molar refractivity (Wildman–Crippen MR) is 60.3 cm³/mol. The van der Waals surface area contributed by atoms with Crippen molar-refractivity contribution < 1.29 is 4.79 Å². The summed E-state index contributed by atoms with van der Waals surface area (Å²) >= 11 is 0. The van der Waals surface area contributed by atoms with Crippen LogP contribution in [0.5, 0.6) is 0 Å². The number of rotatable bonds is 0. The quantitative estimate of drug-likeness (QED) is 0.642. The van der Waals surface area contributed by atoms with Crippen LogP contribution in [-0.2, 0) is 4.79 Å². The molecule has 2 aliphatic rings. The lowest BCUT2D eigenvalue weighted by molar-refractivity contribution is -0.134. The first-order valence-corrected chi connectivity index (χ1v) is 5.21. The van der Waals surface area contributed by atoms with Crippen LogP contribution in [-0.4, -0.2) is 37.5 Å². The van der Waals surface area contributed by atoms with Crippen molar-refractivity contribution in [2.45, 2.75) is 34.1 Å². The zero-order valence-corrected chi connectivity index (χ0v) is 8.89. The van der Waals surface area contributed by atoms with Crippen molar-refractivity contribution in [2.75, 3.05) is 26.7 Å². The van der Waals surface area contributed by atoms with Gasteiger partial charge in [0.15, 0.2) is 0 Å². The largest absolute Gasteiger partial charge is 0.345 e. The van der Waals surface area contributed by atoms with Crippen LogP contribution in [0.15, 0.2) is 0 Å². The van der Waals surface area contributed by atoms with Crippen LogP contribution in [0.1, 0.15) is 34.1 Å². The van der Waals surface area contributed by atoms with Crippen molar-refractivity contribution in [1.82, 2.24) is 10.2 Å². The molecule has 0 saturated carbocycles. The SMILES string of the molecule is C.CC.CN1CCC2(CCNC2)C1=O. The third kappa shape index (κ3) is 2.08. The molecule has 14 heavy (non-hydrogen) atoms. The van der Waals surface area contributed by atoms with E-state index in [4.69, 9.17) is 0 Å². The van der Waals surface area contributed by atoms with E-state index >= 15 is 0 Å². The molecule has 0 bridgehead atoms. The van der Waals surface area contributed by atoms with E-state index in [2.05, 4.69) is 5.32 Å². The third-order valence-corrected chi connectivity index (χ3v) is 2.97. The molecule has 2 fully saturated rings. The van der Waals surface area contributed by atoms with Crippen molar-refractivity contribution in [2.24, 2.45) is 5.41 Å². The maximum absolute atomic E-state index is 11.6. The topological polar surface area (TPSA) is 32.3 Å². The van der Waals surface area contributed by atoms with Gasteiger partial charge in [-0.1, -0.05) is 21.3 Å². The average molecular weight is 200 g/mol. The summed E-state index contributed by atoms with van der Waals surface area (Å²) in [6.45, 7) is 6.86. The monoisotopic (exact) mass is 200 g/mol. The smallest absolute Gasteiger partial charge is 0.229 e. The molecule has 0 radical (unpaired) electrons. The number of carbonyl (C=O) groups excluding carboxylic acids is 1. The number of hydrogen-bond acceptors (Lipinski definition) is 2. The molecule has 1 atom stereocenters. The van der Waals surface area contributed by atoms with Gasteiger partial charge in [0.2, 0.25) is 5.91 Å². The standard InChI is InChI=1S/C8H14N2O.C2H6.CH4/c1-10-5-3-8(7(10)11)2-4-9-6-8;1-2;/h9H,2-6H2,1H3;1-2H3;1H4. The molecule has 2 heterocycles. The molecule has 0 aromatic carbocycles. The zero-order valence-electron chi connectivity index (χ0n) is 8.89. The van der Waals surface area contributed by atoms with E-state index in [1.54, 1.807) is 0 Å². The first-order valence-electron chi connectivity index (χ1n) is 5.21. The Labute approximate surface area is 87.9 Å². The van der Waals surface area contributed by atoms with Gasteiger partial charge in [0, 0.05) is 20.1 Å². The molecule has 2 rings (SSSR count). The number of likely N-dealkylation sites (tertiary alicyclic amines) is 1. The fourth-order valence-electron chi connectivity index (χ4n) is 2.13. The van der Waals surface area contributed by atoms with Gasteiger partial charge in [-0.15, -0.1) is 0 Å². The maximum atomic E-state index is 11.6. The predicted octanol–water partition coefficient (Wildman–Crippen LogP) is 1.49.